The molecule has 17 heteroatoms. The van der Waals surface area contributed by atoms with Gasteiger partial charge in [0.1, 0.15) is 13.2 Å². The third-order valence-electron chi connectivity index (χ3n) is 5.22. The molecule has 0 aliphatic rings. The fourth-order valence-electron chi connectivity index (χ4n) is 2.99. The highest BCUT2D eigenvalue weighted by Gasteiger charge is 2.75. The van der Waals surface area contributed by atoms with Gasteiger partial charge in [-0.1, -0.05) is 0 Å². The van der Waals surface area contributed by atoms with Gasteiger partial charge in [-0.05, 0) is 55.5 Å². The van der Waals surface area contributed by atoms with Gasteiger partial charge in [-0.2, -0.15) is 45.0 Å². The number of alkyl halides is 8. The molecule has 0 spiro atoms. The van der Waals surface area contributed by atoms with Crippen molar-refractivity contribution >= 4 is 33.1 Å². The Hall–Kier alpha value is -3.34. The van der Waals surface area contributed by atoms with E-state index < -0.39 is 51.8 Å². The number of likely N-dealkylation sites (N-methyl/N-ethyl adjacent to an activating group) is 1. The van der Waals surface area contributed by atoms with Crippen LogP contribution in [0, 0.1) is 0 Å². The van der Waals surface area contributed by atoms with Crippen LogP contribution in [0.2, 0.25) is 0 Å². The molecule has 0 atom stereocenters. The highest BCUT2D eigenvalue weighted by Crippen LogP contribution is 2.48. The standard InChI is InChI=1S/C23H23F8N3O5S/c1-3-34(12-13-38-15(2)35)18-8-4-16(5-9-18)32-33-17-6-10-19(11-7-17)40(36,37)39-14-21(26,27)23(30,31)22(28,29)20(24)25/h4-11,20H,3,12-14H2,1-2H3. The summed E-state index contributed by atoms with van der Waals surface area (Å²) in [5.41, 5.74) is 1.28. The van der Waals surface area contributed by atoms with E-state index in [1.807, 2.05) is 11.8 Å². The van der Waals surface area contributed by atoms with E-state index in [2.05, 4.69) is 14.4 Å². The van der Waals surface area contributed by atoms with Crippen LogP contribution in [0.1, 0.15) is 13.8 Å². The second-order valence-corrected chi connectivity index (χ2v) is 9.66. The lowest BCUT2D eigenvalue weighted by molar-refractivity contribution is -0.342. The molecule has 0 N–H and O–H groups in total. The molecule has 222 valence electrons. The minimum absolute atomic E-state index is 0.0769. The SMILES string of the molecule is CCN(CCOC(C)=O)c1ccc(N=Nc2ccc(S(=O)(=O)OCC(F)(F)C(F)(F)C(F)(F)C(F)F)cc2)cc1. The lowest BCUT2D eigenvalue weighted by Gasteiger charge is -2.31. The van der Waals surface area contributed by atoms with Gasteiger partial charge < -0.3 is 9.64 Å². The van der Waals surface area contributed by atoms with Crippen LogP contribution in [0.5, 0.6) is 0 Å². The average molecular weight is 606 g/mol. The van der Waals surface area contributed by atoms with Crippen LogP contribution < -0.4 is 4.90 Å². The van der Waals surface area contributed by atoms with Crippen molar-refractivity contribution in [3.05, 3.63) is 48.5 Å². The molecule has 0 unspecified atom stereocenters. The first-order chi connectivity index (χ1) is 18.4. The Morgan fingerprint density at radius 2 is 1.43 bits per heavy atom. The molecule has 2 aromatic rings. The number of carbonyl (C=O) groups is 1. The maximum Gasteiger partial charge on any atom is 0.380 e. The van der Waals surface area contributed by atoms with Crippen LogP contribution in [0.3, 0.4) is 0 Å². The normalized spacial score (nSPS) is 13.2. The summed E-state index contributed by atoms with van der Waals surface area (Å²) in [6.07, 6.45) is -5.14. The van der Waals surface area contributed by atoms with Crippen LogP contribution in [-0.2, 0) is 23.8 Å². The second kappa shape index (κ2) is 12.9. The van der Waals surface area contributed by atoms with Gasteiger partial charge in [-0.25, -0.2) is 8.78 Å². The predicted octanol–water partition coefficient (Wildman–Crippen LogP) is 6.37. The molecule has 8 nitrogen and oxygen atoms in total. The van der Waals surface area contributed by atoms with Gasteiger partial charge in [0.15, 0.2) is 0 Å². The van der Waals surface area contributed by atoms with Crippen LogP contribution in [0.25, 0.3) is 0 Å². The lowest BCUT2D eigenvalue weighted by atomic mass is 10.1. The highest BCUT2D eigenvalue weighted by molar-refractivity contribution is 7.86. The highest BCUT2D eigenvalue weighted by atomic mass is 32.2. The topological polar surface area (TPSA) is 97.6 Å². The number of halogens is 8. The lowest BCUT2D eigenvalue weighted by Crippen LogP contribution is -2.59. The zero-order chi connectivity index (χ0) is 30.4. The van der Waals surface area contributed by atoms with Crippen molar-refractivity contribution < 1.29 is 57.3 Å². The molecular formula is C23H23F8N3O5S. The first kappa shape index (κ1) is 32.9. The molecule has 0 fully saturated rings. The van der Waals surface area contributed by atoms with Crippen LogP contribution in [0.4, 0.5) is 52.2 Å². The molecular weight excluding hydrogens is 582 g/mol. The molecule has 0 bridgehead atoms. The molecule has 0 aliphatic heterocycles. The third-order valence-corrected chi connectivity index (χ3v) is 6.49. The zero-order valence-electron chi connectivity index (χ0n) is 20.8. The fraction of sp³-hybridized carbons (Fsp3) is 0.435. The Balaban J connectivity index is 2.05. The van der Waals surface area contributed by atoms with Crippen molar-refractivity contribution in [3.8, 4) is 0 Å². The first-order valence-electron chi connectivity index (χ1n) is 11.3. The van der Waals surface area contributed by atoms with E-state index >= 15 is 0 Å². The van der Waals surface area contributed by atoms with Gasteiger partial charge in [0.2, 0.25) is 0 Å². The quantitative estimate of drug-likeness (QED) is 0.108. The third kappa shape index (κ3) is 7.87. The van der Waals surface area contributed by atoms with E-state index in [4.69, 9.17) is 4.74 Å². The van der Waals surface area contributed by atoms with Crippen molar-refractivity contribution in [3.63, 3.8) is 0 Å². The number of carbonyl (C=O) groups excluding carboxylic acids is 1. The summed E-state index contributed by atoms with van der Waals surface area (Å²) >= 11 is 0. The largest absolute Gasteiger partial charge is 0.464 e. The van der Waals surface area contributed by atoms with Crippen LogP contribution >= 0.6 is 0 Å². The molecule has 0 heterocycles. The number of hydrogen-bond donors (Lipinski definition) is 0. The maximum atomic E-state index is 13.6. The van der Waals surface area contributed by atoms with Gasteiger partial charge in [-0.15, -0.1) is 0 Å². The Labute approximate surface area is 223 Å². The summed E-state index contributed by atoms with van der Waals surface area (Å²) in [6, 6.07) is 10.4. The smallest absolute Gasteiger partial charge is 0.380 e. The van der Waals surface area contributed by atoms with Crippen LogP contribution in [0.15, 0.2) is 63.7 Å². The van der Waals surface area contributed by atoms with Crippen molar-refractivity contribution in [2.75, 3.05) is 31.2 Å². The molecule has 0 saturated heterocycles. The minimum Gasteiger partial charge on any atom is -0.464 e. The van der Waals surface area contributed by atoms with Gasteiger partial charge in [-0.3, -0.25) is 8.98 Å². The number of esters is 1. The summed E-state index contributed by atoms with van der Waals surface area (Å²) in [5.74, 6) is -19.4. The summed E-state index contributed by atoms with van der Waals surface area (Å²) < 4.78 is 137. The van der Waals surface area contributed by atoms with Gasteiger partial charge in [0.25, 0.3) is 10.1 Å². The van der Waals surface area contributed by atoms with Crippen molar-refractivity contribution in [2.45, 2.75) is 42.9 Å². The van der Waals surface area contributed by atoms with E-state index in [-0.39, 0.29) is 12.3 Å². The summed E-state index contributed by atoms with van der Waals surface area (Å²) in [7, 11) is -5.18. The van der Waals surface area contributed by atoms with Crippen molar-refractivity contribution in [1.82, 2.24) is 0 Å². The molecule has 0 aliphatic carbocycles. The fourth-order valence-corrected chi connectivity index (χ4v) is 3.89. The maximum absolute atomic E-state index is 13.6. The first-order valence-corrected chi connectivity index (χ1v) is 12.7. The van der Waals surface area contributed by atoms with E-state index in [0.717, 1.165) is 30.0 Å². The monoisotopic (exact) mass is 605 g/mol. The Kier molecular flexibility index (Phi) is 10.6. The molecule has 40 heavy (non-hydrogen) atoms. The van der Waals surface area contributed by atoms with E-state index in [1.54, 1.807) is 24.3 Å². The summed E-state index contributed by atoms with van der Waals surface area (Å²) in [6.45, 7) is 1.67. The number of rotatable bonds is 14. The number of anilines is 1. The molecule has 0 amide bonds. The number of azo groups is 1. The van der Waals surface area contributed by atoms with Gasteiger partial charge >= 0.3 is 30.2 Å². The molecule has 0 radical (unpaired) electrons. The van der Waals surface area contributed by atoms with E-state index in [1.165, 1.54) is 6.92 Å². The minimum atomic E-state index is -6.61. The number of ether oxygens (including phenoxy) is 1. The zero-order valence-corrected chi connectivity index (χ0v) is 21.7. The Bertz CT molecular complexity index is 1270. The summed E-state index contributed by atoms with van der Waals surface area (Å²) in [5, 5.41) is 7.82. The Morgan fingerprint density at radius 1 is 0.925 bits per heavy atom. The van der Waals surface area contributed by atoms with Gasteiger partial charge in [0, 0.05) is 19.2 Å². The number of nitrogens with zero attached hydrogens (tertiary/aromatic N) is 3. The molecule has 0 aromatic heterocycles. The molecule has 2 aromatic carbocycles. The summed E-state index contributed by atoms with van der Waals surface area (Å²) in [4.78, 5) is 12.0. The molecule has 0 saturated carbocycles. The van der Waals surface area contributed by atoms with Gasteiger partial charge in [0.05, 0.1) is 22.8 Å². The van der Waals surface area contributed by atoms with E-state index in [0.29, 0.717) is 18.8 Å². The molecule has 2 rings (SSSR count). The second-order valence-electron chi connectivity index (χ2n) is 8.05. The predicted molar refractivity (Wildman–Crippen MR) is 126 cm³/mol. The number of hydrogen-bond acceptors (Lipinski definition) is 8. The van der Waals surface area contributed by atoms with Crippen LogP contribution in [-0.4, -0.2) is 64.9 Å². The van der Waals surface area contributed by atoms with E-state index in [9.17, 15) is 48.3 Å². The average Bonchev–Trinajstić information content (AvgIpc) is 2.89. The number of benzene rings is 2. The Morgan fingerprint density at radius 3 is 1.88 bits per heavy atom. The van der Waals surface area contributed by atoms with Crippen molar-refractivity contribution in [1.29, 1.82) is 0 Å². The van der Waals surface area contributed by atoms with Crippen molar-refractivity contribution in [2.24, 2.45) is 10.2 Å².